The molecule has 2 aromatic rings. The van der Waals surface area contributed by atoms with Crippen molar-refractivity contribution < 1.29 is 9.47 Å². The first kappa shape index (κ1) is 18.5. The van der Waals surface area contributed by atoms with Gasteiger partial charge >= 0.3 is 0 Å². The van der Waals surface area contributed by atoms with Crippen molar-refractivity contribution in [2.75, 3.05) is 40.4 Å². The number of ether oxygens (including phenoxy) is 2. The van der Waals surface area contributed by atoms with Crippen LogP contribution in [0.25, 0.3) is 0 Å². The van der Waals surface area contributed by atoms with Crippen molar-refractivity contribution >= 4 is 27.5 Å². The van der Waals surface area contributed by atoms with Gasteiger partial charge in [-0.2, -0.15) is 0 Å². The molecular weight excluding hydrogens is 404 g/mol. The maximum absolute atomic E-state index is 6.10. The summed E-state index contributed by atoms with van der Waals surface area (Å²) in [7, 11) is 3.38. The molecule has 1 unspecified atom stereocenters. The fraction of sp³-hybridized carbons (Fsp3) is 0.368. The molecule has 1 aliphatic rings. The summed E-state index contributed by atoms with van der Waals surface area (Å²) in [5.74, 6) is 1.64. The molecule has 25 heavy (non-hydrogen) atoms. The summed E-state index contributed by atoms with van der Waals surface area (Å²) in [4.78, 5) is 2.46. The highest BCUT2D eigenvalue weighted by molar-refractivity contribution is 9.10. The minimum atomic E-state index is 0.0799. The predicted molar refractivity (Wildman–Crippen MR) is 105 cm³/mol. The molecule has 1 fully saturated rings. The first-order valence-electron chi connectivity index (χ1n) is 8.25. The van der Waals surface area contributed by atoms with Crippen molar-refractivity contribution in [2.45, 2.75) is 6.04 Å². The van der Waals surface area contributed by atoms with E-state index in [0.717, 1.165) is 52.7 Å². The molecule has 1 N–H and O–H groups in total. The van der Waals surface area contributed by atoms with Crippen LogP contribution < -0.4 is 14.8 Å². The molecule has 0 amide bonds. The zero-order chi connectivity index (χ0) is 17.8. The third kappa shape index (κ3) is 4.11. The topological polar surface area (TPSA) is 33.7 Å². The number of rotatable bonds is 5. The van der Waals surface area contributed by atoms with Gasteiger partial charge in [-0.1, -0.05) is 23.7 Å². The molecule has 3 rings (SSSR count). The molecule has 0 aliphatic carbocycles. The number of halogens is 2. The van der Waals surface area contributed by atoms with Crippen LogP contribution in [0.4, 0.5) is 0 Å². The van der Waals surface area contributed by atoms with E-state index >= 15 is 0 Å². The van der Waals surface area contributed by atoms with Crippen LogP contribution in [0.3, 0.4) is 0 Å². The Labute approximate surface area is 162 Å². The molecule has 4 nitrogen and oxygen atoms in total. The van der Waals surface area contributed by atoms with Gasteiger partial charge in [0.05, 0.1) is 24.7 Å². The van der Waals surface area contributed by atoms with Crippen LogP contribution in [-0.2, 0) is 0 Å². The van der Waals surface area contributed by atoms with E-state index in [-0.39, 0.29) is 6.04 Å². The molecule has 1 saturated heterocycles. The third-order valence-electron chi connectivity index (χ3n) is 4.50. The molecular formula is C19H22BrClN2O2. The highest BCUT2D eigenvalue weighted by Crippen LogP contribution is 2.40. The van der Waals surface area contributed by atoms with Crippen molar-refractivity contribution in [3.63, 3.8) is 0 Å². The summed E-state index contributed by atoms with van der Waals surface area (Å²) in [6.07, 6.45) is 0. The molecule has 1 heterocycles. The van der Waals surface area contributed by atoms with E-state index in [4.69, 9.17) is 21.1 Å². The van der Waals surface area contributed by atoms with Gasteiger partial charge in [-0.3, -0.25) is 4.90 Å². The lowest BCUT2D eigenvalue weighted by molar-refractivity contribution is 0.195. The number of hydrogen-bond donors (Lipinski definition) is 1. The van der Waals surface area contributed by atoms with E-state index < -0.39 is 0 Å². The number of methoxy groups -OCH3 is 2. The second-order valence-corrected chi connectivity index (χ2v) is 7.26. The smallest absolute Gasteiger partial charge is 0.133 e. The van der Waals surface area contributed by atoms with Gasteiger partial charge in [0.2, 0.25) is 0 Å². The first-order valence-corrected chi connectivity index (χ1v) is 9.42. The van der Waals surface area contributed by atoms with Crippen LogP contribution in [0.15, 0.2) is 40.9 Å². The fourth-order valence-electron chi connectivity index (χ4n) is 3.27. The van der Waals surface area contributed by atoms with Gasteiger partial charge in [0.15, 0.2) is 0 Å². The van der Waals surface area contributed by atoms with Crippen molar-refractivity contribution in [2.24, 2.45) is 0 Å². The highest BCUT2D eigenvalue weighted by atomic mass is 79.9. The second kappa shape index (κ2) is 8.41. The Morgan fingerprint density at radius 3 is 2.28 bits per heavy atom. The second-order valence-electron chi connectivity index (χ2n) is 5.97. The molecule has 6 heteroatoms. The standard InChI is InChI=1S/C19H22BrClN2O2/c1-24-17-12-16(20)18(25-2)11-15(17)19(23-9-7-22-8-10-23)13-3-5-14(21)6-4-13/h3-6,11-12,19,22H,7-10H2,1-2H3. The minimum Gasteiger partial charge on any atom is -0.496 e. The average molecular weight is 426 g/mol. The molecule has 0 radical (unpaired) electrons. The van der Waals surface area contributed by atoms with Gasteiger partial charge in [0.1, 0.15) is 11.5 Å². The van der Waals surface area contributed by atoms with Crippen LogP contribution in [-0.4, -0.2) is 45.3 Å². The lowest BCUT2D eigenvalue weighted by Crippen LogP contribution is -2.45. The normalized spacial score (nSPS) is 16.5. The molecule has 0 aromatic heterocycles. The Hall–Kier alpha value is -1.27. The van der Waals surface area contributed by atoms with Crippen molar-refractivity contribution in [3.05, 3.63) is 57.0 Å². The van der Waals surface area contributed by atoms with Crippen LogP contribution in [0.1, 0.15) is 17.2 Å². The van der Waals surface area contributed by atoms with Gasteiger partial charge in [0.25, 0.3) is 0 Å². The predicted octanol–water partition coefficient (Wildman–Crippen LogP) is 4.11. The Bertz CT molecular complexity index is 718. The largest absolute Gasteiger partial charge is 0.496 e. The fourth-order valence-corrected chi connectivity index (χ4v) is 3.88. The number of nitrogens with one attached hydrogen (secondary N) is 1. The van der Waals surface area contributed by atoms with Gasteiger partial charge in [-0.05, 0) is 45.8 Å². The summed E-state index contributed by atoms with van der Waals surface area (Å²) >= 11 is 9.65. The third-order valence-corrected chi connectivity index (χ3v) is 5.37. The number of piperazine rings is 1. The Balaban J connectivity index is 2.11. The van der Waals surface area contributed by atoms with E-state index in [1.807, 2.05) is 18.2 Å². The lowest BCUT2D eigenvalue weighted by Gasteiger charge is -2.36. The van der Waals surface area contributed by atoms with Crippen LogP contribution in [0.5, 0.6) is 11.5 Å². The average Bonchev–Trinajstić information content (AvgIpc) is 2.65. The molecule has 0 bridgehead atoms. The molecule has 1 atom stereocenters. The maximum Gasteiger partial charge on any atom is 0.133 e. The van der Waals surface area contributed by atoms with Crippen molar-refractivity contribution in [3.8, 4) is 11.5 Å². The van der Waals surface area contributed by atoms with Gasteiger partial charge in [0, 0.05) is 36.8 Å². The number of hydrogen-bond acceptors (Lipinski definition) is 4. The number of nitrogens with zero attached hydrogens (tertiary/aromatic N) is 1. The Morgan fingerprint density at radius 2 is 1.68 bits per heavy atom. The monoisotopic (exact) mass is 424 g/mol. The van der Waals surface area contributed by atoms with Crippen molar-refractivity contribution in [1.29, 1.82) is 0 Å². The van der Waals surface area contributed by atoms with E-state index in [2.05, 4.69) is 44.3 Å². The summed E-state index contributed by atoms with van der Waals surface area (Å²) in [5, 5.41) is 4.15. The molecule has 1 aliphatic heterocycles. The summed E-state index contributed by atoms with van der Waals surface area (Å²) in [6, 6.07) is 12.2. The maximum atomic E-state index is 6.10. The zero-order valence-electron chi connectivity index (χ0n) is 14.4. The highest BCUT2D eigenvalue weighted by Gasteiger charge is 2.27. The quantitative estimate of drug-likeness (QED) is 0.781. The summed E-state index contributed by atoms with van der Waals surface area (Å²) < 4.78 is 12.1. The van der Waals surface area contributed by atoms with Gasteiger partial charge in [-0.15, -0.1) is 0 Å². The molecule has 0 spiro atoms. The molecule has 2 aromatic carbocycles. The van der Waals surface area contributed by atoms with E-state index in [0.29, 0.717) is 0 Å². The molecule has 0 saturated carbocycles. The SMILES string of the molecule is COc1cc(C(c2ccc(Cl)cc2)N2CCNCC2)c(OC)cc1Br. The summed E-state index contributed by atoms with van der Waals surface area (Å²) in [5.41, 5.74) is 2.28. The molecule has 134 valence electrons. The first-order chi connectivity index (χ1) is 12.1. The summed E-state index contributed by atoms with van der Waals surface area (Å²) in [6.45, 7) is 3.88. The van der Waals surface area contributed by atoms with Crippen LogP contribution in [0, 0.1) is 0 Å². The van der Waals surface area contributed by atoms with Crippen molar-refractivity contribution in [1.82, 2.24) is 10.2 Å². The van der Waals surface area contributed by atoms with Crippen LogP contribution >= 0.6 is 27.5 Å². The van der Waals surface area contributed by atoms with E-state index in [1.165, 1.54) is 5.56 Å². The van der Waals surface area contributed by atoms with Gasteiger partial charge in [-0.25, -0.2) is 0 Å². The Morgan fingerprint density at radius 1 is 1.04 bits per heavy atom. The minimum absolute atomic E-state index is 0.0799. The van der Waals surface area contributed by atoms with E-state index in [9.17, 15) is 0 Å². The zero-order valence-corrected chi connectivity index (χ0v) is 16.7. The number of benzene rings is 2. The van der Waals surface area contributed by atoms with E-state index in [1.54, 1.807) is 14.2 Å². The Kier molecular flexibility index (Phi) is 6.23. The lowest BCUT2D eigenvalue weighted by atomic mass is 9.95. The van der Waals surface area contributed by atoms with Gasteiger partial charge < -0.3 is 14.8 Å². The van der Waals surface area contributed by atoms with Crippen LogP contribution in [0.2, 0.25) is 5.02 Å².